The van der Waals surface area contributed by atoms with Gasteiger partial charge >= 0.3 is 0 Å². The van der Waals surface area contributed by atoms with Crippen molar-refractivity contribution in [1.29, 1.82) is 0 Å². The highest BCUT2D eigenvalue weighted by Crippen LogP contribution is 2.37. The quantitative estimate of drug-likeness (QED) is 0.224. The van der Waals surface area contributed by atoms with E-state index in [-0.39, 0.29) is 5.37 Å². The molecule has 0 spiro atoms. The van der Waals surface area contributed by atoms with E-state index in [0.717, 1.165) is 49.9 Å². The summed E-state index contributed by atoms with van der Waals surface area (Å²) < 4.78 is 0. The molecule has 43 heavy (non-hydrogen) atoms. The Bertz CT molecular complexity index is 2030. The molecule has 0 fully saturated rings. The number of nitrogens with zero attached hydrogens (tertiary/aromatic N) is 3. The van der Waals surface area contributed by atoms with Crippen LogP contribution in [-0.4, -0.2) is 15.0 Å². The molecule has 204 valence electrons. The first-order valence-corrected chi connectivity index (χ1v) is 15.2. The minimum atomic E-state index is 0.0622. The molecule has 0 saturated heterocycles. The number of thioether (sulfide) groups is 1. The lowest BCUT2D eigenvalue weighted by atomic mass is 9.99. The number of hydrogen-bond donors (Lipinski definition) is 1. The fourth-order valence-electron chi connectivity index (χ4n) is 5.69. The molecule has 2 heterocycles. The van der Waals surface area contributed by atoms with E-state index in [0.29, 0.717) is 0 Å². The van der Waals surface area contributed by atoms with Crippen molar-refractivity contribution in [3.8, 4) is 33.9 Å². The summed E-state index contributed by atoms with van der Waals surface area (Å²) in [6.07, 6.45) is 0. The van der Waals surface area contributed by atoms with Gasteiger partial charge in [0, 0.05) is 22.3 Å². The molecular weight excluding hydrogens is 545 g/mol. The molecule has 1 aliphatic rings. The van der Waals surface area contributed by atoms with Crippen molar-refractivity contribution in [3.63, 3.8) is 0 Å². The molecule has 0 bridgehead atoms. The molecule has 6 aromatic carbocycles. The van der Waals surface area contributed by atoms with Crippen LogP contribution in [0, 0.1) is 0 Å². The van der Waals surface area contributed by atoms with Crippen molar-refractivity contribution in [2.24, 2.45) is 5.10 Å². The Morgan fingerprint density at radius 1 is 0.512 bits per heavy atom. The van der Waals surface area contributed by atoms with Crippen LogP contribution in [0.5, 0.6) is 0 Å². The van der Waals surface area contributed by atoms with Gasteiger partial charge in [0.25, 0.3) is 0 Å². The van der Waals surface area contributed by atoms with Crippen molar-refractivity contribution in [2.75, 3.05) is 0 Å². The standard InChI is InChI=1S/C38H26N4S/c1-2-12-28(13-3-1)37-41-42-38(43-37)29-22-20-27(21-23-29)34-24-35(32-18-8-14-25-10-4-6-16-30(25)32)40-36(39-34)33-19-9-15-26-11-5-7-17-31(26)33/h1-24,38,42H. The van der Waals surface area contributed by atoms with Gasteiger partial charge in [-0.3, -0.25) is 5.43 Å². The first-order chi connectivity index (χ1) is 21.3. The van der Waals surface area contributed by atoms with Crippen molar-refractivity contribution in [2.45, 2.75) is 5.37 Å². The summed E-state index contributed by atoms with van der Waals surface area (Å²) in [4.78, 5) is 10.3. The van der Waals surface area contributed by atoms with Crippen molar-refractivity contribution >= 4 is 38.4 Å². The zero-order chi connectivity index (χ0) is 28.6. The fourth-order valence-corrected chi connectivity index (χ4v) is 6.69. The zero-order valence-corrected chi connectivity index (χ0v) is 24.0. The number of hydrogen-bond acceptors (Lipinski definition) is 5. The van der Waals surface area contributed by atoms with Gasteiger partial charge in [-0.1, -0.05) is 151 Å². The largest absolute Gasteiger partial charge is 0.291 e. The van der Waals surface area contributed by atoms with Crippen LogP contribution >= 0.6 is 11.8 Å². The molecule has 1 unspecified atom stereocenters. The predicted octanol–water partition coefficient (Wildman–Crippen LogP) is 9.48. The third kappa shape index (κ3) is 4.84. The van der Waals surface area contributed by atoms with Crippen LogP contribution in [0.25, 0.3) is 55.4 Å². The number of fused-ring (bicyclic) bond motifs is 2. The number of nitrogens with one attached hydrogen (secondary N) is 1. The second kappa shape index (κ2) is 10.9. The maximum atomic E-state index is 5.18. The van der Waals surface area contributed by atoms with E-state index in [1.807, 2.05) is 18.2 Å². The first kappa shape index (κ1) is 25.5. The van der Waals surface area contributed by atoms with Crippen LogP contribution in [0.3, 0.4) is 0 Å². The molecule has 5 heteroatoms. The monoisotopic (exact) mass is 570 g/mol. The third-order valence-electron chi connectivity index (χ3n) is 7.87. The summed E-state index contributed by atoms with van der Waals surface area (Å²) in [5, 5.41) is 10.3. The molecular formula is C38H26N4S. The van der Waals surface area contributed by atoms with Gasteiger partial charge in [0.1, 0.15) is 10.4 Å². The highest BCUT2D eigenvalue weighted by molar-refractivity contribution is 8.14. The van der Waals surface area contributed by atoms with E-state index in [1.54, 1.807) is 11.8 Å². The van der Waals surface area contributed by atoms with E-state index in [9.17, 15) is 0 Å². The Morgan fingerprint density at radius 2 is 1.12 bits per heavy atom. The maximum Gasteiger partial charge on any atom is 0.161 e. The summed E-state index contributed by atoms with van der Waals surface area (Å²) in [5.41, 5.74) is 10.6. The molecule has 7 aromatic rings. The first-order valence-electron chi connectivity index (χ1n) is 14.3. The van der Waals surface area contributed by atoms with E-state index >= 15 is 0 Å². The summed E-state index contributed by atoms with van der Waals surface area (Å²) in [6, 6.07) is 50.7. The lowest BCUT2D eigenvalue weighted by molar-refractivity contribution is 0.744. The SMILES string of the molecule is c1ccc(C2=NNC(c3ccc(-c4cc(-c5cccc6ccccc56)nc(-c5cccc6ccccc56)n4)cc3)S2)cc1. The molecule has 1 N–H and O–H groups in total. The van der Waals surface area contributed by atoms with Gasteiger partial charge in [-0.25, -0.2) is 9.97 Å². The molecule has 1 aliphatic heterocycles. The maximum absolute atomic E-state index is 5.18. The topological polar surface area (TPSA) is 50.2 Å². The number of aromatic nitrogens is 2. The van der Waals surface area contributed by atoms with E-state index < -0.39 is 0 Å². The van der Waals surface area contributed by atoms with Crippen LogP contribution in [0.15, 0.2) is 151 Å². The highest BCUT2D eigenvalue weighted by atomic mass is 32.2. The number of hydrazone groups is 1. The summed E-state index contributed by atoms with van der Waals surface area (Å²) >= 11 is 1.73. The van der Waals surface area contributed by atoms with E-state index in [4.69, 9.17) is 9.97 Å². The lowest BCUT2D eigenvalue weighted by Gasteiger charge is -2.13. The zero-order valence-electron chi connectivity index (χ0n) is 23.2. The predicted molar refractivity (Wildman–Crippen MR) is 180 cm³/mol. The van der Waals surface area contributed by atoms with Crippen LogP contribution < -0.4 is 5.43 Å². The summed E-state index contributed by atoms with van der Waals surface area (Å²) in [5.74, 6) is 0.718. The molecule has 4 nitrogen and oxygen atoms in total. The summed E-state index contributed by atoms with van der Waals surface area (Å²) in [6.45, 7) is 0. The number of benzene rings is 6. The highest BCUT2D eigenvalue weighted by Gasteiger charge is 2.22. The average molecular weight is 571 g/mol. The molecule has 0 aliphatic carbocycles. The Labute approximate surface area is 254 Å². The van der Waals surface area contributed by atoms with Gasteiger partial charge in [0.05, 0.1) is 11.4 Å². The van der Waals surface area contributed by atoms with Crippen LogP contribution in [-0.2, 0) is 0 Å². The minimum absolute atomic E-state index is 0.0622. The normalized spacial score (nSPS) is 14.5. The van der Waals surface area contributed by atoms with Gasteiger partial charge in [0.15, 0.2) is 5.82 Å². The van der Waals surface area contributed by atoms with Gasteiger partial charge in [0.2, 0.25) is 0 Å². The van der Waals surface area contributed by atoms with Gasteiger partial charge in [-0.2, -0.15) is 5.10 Å². The molecule has 0 amide bonds. The Balaban J connectivity index is 1.21. The average Bonchev–Trinajstić information content (AvgIpc) is 3.59. The van der Waals surface area contributed by atoms with Crippen molar-refractivity contribution < 1.29 is 0 Å². The lowest BCUT2D eigenvalue weighted by Crippen LogP contribution is -2.06. The molecule has 1 aromatic heterocycles. The second-order valence-corrected chi connectivity index (χ2v) is 11.6. The third-order valence-corrected chi connectivity index (χ3v) is 9.03. The second-order valence-electron chi connectivity index (χ2n) is 10.5. The smallest absolute Gasteiger partial charge is 0.161 e. The van der Waals surface area contributed by atoms with Crippen molar-refractivity contribution in [3.05, 3.63) is 157 Å². The van der Waals surface area contributed by atoms with E-state index in [2.05, 4.69) is 138 Å². The van der Waals surface area contributed by atoms with Crippen LogP contribution in [0.4, 0.5) is 0 Å². The van der Waals surface area contributed by atoms with Crippen molar-refractivity contribution in [1.82, 2.24) is 15.4 Å². The molecule has 1 atom stereocenters. The minimum Gasteiger partial charge on any atom is -0.291 e. The Hall–Kier alpha value is -5.26. The van der Waals surface area contributed by atoms with Gasteiger partial charge in [-0.15, -0.1) is 0 Å². The van der Waals surface area contributed by atoms with Crippen LogP contribution in [0.1, 0.15) is 16.5 Å². The Kier molecular flexibility index (Phi) is 6.43. The number of rotatable bonds is 5. The Morgan fingerprint density at radius 3 is 1.86 bits per heavy atom. The molecule has 8 rings (SSSR count). The molecule has 0 saturated carbocycles. The summed E-state index contributed by atoms with van der Waals surface area (Å²) in [7, 11) is 0. The molecule has 0 radical (unpaired) electrons. The fraction of sp³-hybridized carbons (Fsp3) is 0.0263. The van der Waals surface area contributed by atoms with Crippen LogP contribution in [0.2, 0.25) is 0 Å². The van der Waals surface area contributed by atoms with Gasteiger partial charge in [-0.05, 0) is 33.2 Å². The van der Waals surface area contributed by atoms with E-state index in [1.165, 1.54) is 21.7 Å². The van der Waals surface area contributed by atoms with Gasteiger partial charge < -0.3 is 0 Å².